The summed E-state index contributed by atoms with van der Waals surface area (Å²) in [5.74, 6) is 2.48. The van der Waals surface area contributed by atoms with Crippen molar-refractivity contribution in [3.8, 4) is 17.1 Å². The summed E-state index contributed by atoms with van der Waals surface area (Å²) in [6.45, 7) is 0.543. The normalized spacial score (nSPS) is 10.7. The highest BCUT2D eigenvalue weighted by Crippen LogP contribution is 2.16. The second-order valence-electron chi connectivity index (χ2n) is 5.35. The lowest BCUT2D eigenvalue weighted by molar-refractivity contribution is 0.414. The Hall–Kier alpha value is -2.66. The van der Waals surface area contributed by atoms with Crippen molar-refractivity contribution in [3.05, 3.63) is 65.5 Å². The summed E-state index contributed by atoms with van der Waals surface area (Å²) in [5, 5.41) is 7.31. The number of nitrogens with two attached hydrogens (primary N) is 1. The molecule has 3 N–H and O–H groups in total. The minimum Gasteiger partial charge on any atom is -0.497 e. The Balaban J connectivity index is 1.64. The van der Waals surface area contributed by atoms with Crippen molar-refractivity contribution < 1.29 is 4.74 Å². The molecule has 0 bridgehead atoms. The molecular weight excluding hydrogens is 288 g/mol. The van der Waals surface area contributed by atoms with E-state index in [0.29, 0.717) is 6.54 Å². The SMILES string of the molecule is COc1ccc(CCc2nc(-c3ccc(CN)cc3)n[nH]2)cc1. The van der Waals surface area contributed by atoms with Crippen LogP contribution in [0.4, 0.5) is 0 Å². The van der Waals surface area contributed by atoms with Crippen LogP contribution < -0.4 is 10.5 Å². The highest BCUT2D eigenvalue weighted by Gasteiger charge is 2.06. The highest BCUT2D eigenvalue weighted by molar-refractivity contribution is 5.54. The molecule has 2 aromatic carbocycles. The van der Waals surface area contributed by atoms with E-state index in [-0.39, 0.29) is 0 Å². The Labute approximate surface area is 135 Å². The molecule has 0 atom stereocenters. The van der Waals surface area contributed by atoms with Gasteiger partial charge in [-0.3, -0.25) is 5.10 Å². The predicted octanol–water partition coefficient (Wildman–Crippen LogP) is 2.72. The van der Waals surface area contributed by atoms with Gasteiger partial charge in [0.25, 0.3) is 0 Å². The number of hydrogen-bond acceptors (Lipinski definition) is 4. The van der Waals surface area contributed by atoms with Crippen LogP contribution in [0, 0.1) is 0 Å². The standard InChI is InChI=1S/C18H20N4O/c1-23-16-9-4-13(5-10-16)6-11-17-20-18(22-21-17)15-7-2-14(12-19)3-8-15/h2-5,7-10H,6,11-12,19H2,1H3,(H,20,21,22). The summed E-state index contributed by atoms with van der Waals surface area (Å²) in [4.78, 5) is 4.56. The van der Waals surface area contributed by atoms with Gasteiger partial charge in [-0.2, -0.15) is 5.10 Å². The molecule has 0 aliphatic heterocycles. The third-order valence-corrected chi connectivity index (χ3v) is 3.79. The van der Waals surface area contributed by atoms with Gasteiger partial charge in [-0.25, -0.2) is 4.98 Å². The fraction of sp³-hybridized carbons (Fsp3) is 0.222. The summed E-state index contributed by atoms with van der Waals surface area (Å²) < 4.78 is 5.16. The van der Waals surface area contributed by atoms with E-state index < -0.39 is 0 Å². The number of H-pyrrole nitrogens is 1. The minimum atomic E-state index is 0.543. The summed E-state index contributed by atoms with van der Waals surface area (Å²) in [7, 11) is 1.67. The number of ether oxygens (including phenoxy) is 1. The Kier molecular flexibility index (Phi) is 4.68. The van der Waals surface area contributed by atoms with Crippen molar-refractivity contribution in [2.75, 3.05) is 7.11 Å². The quantitative estimate of drug-likeness (QED) is 0.734. The predicted molar refractivity (Wildman–Crippen MR) is 90.1 cm³/mol. The van der Waals surface area contributed by atoms with Crippen LogP contribution >= 0.6 is 0 Å². The van der Waals surface area contributed by atoms with Gasteiger partial charge in [-0.1, -0.05) is 36.4 Å². The van der Waals surface area contributed by atoms with Gasteiger partial charge >= 0.3 is 0 Å². The summed E-state index contributed by atoms with van der Waals surface area (Å²) in [6.07, 6.45) is 1.73. The number of hydrogen-bond donors (Lipinski definition) is 2. The largest absolute Gasteiger partial charge is 0.497 e. The van der Waals surface area contributed by atoms with Gasteiger partial charge in [0.2, 0.25) is 0 Å². The van der Waals surface area contributed by atoms with Crippen LogP contribution in [0.25, 0.3) is 11.4 Å². The van der Waals surface area contributed by atoms with Gasteiger partial charge in [0, 0.05) is 18.5 Å². The summed E-state index contributed by atoms with van der Waals surface area (Å²) >= 11 is 0. The zero-order chi connectivity index (χ0) is 16.1. The van der Waals surface area contributed by atoms with Gasteiger partial charge in [0.1, 0.15) is 11.6 Å². The fourth-order valence-electron chi connectivity index (χ4n) is 2.38. The Morgan fingerprint density at radius 1 is 0.957 bits per heavy atom. The molecule has 0 saturated carbocycles. The maximum Gasteiger partial charge on any atom is 0.181 e. The van der Waals surface area contributed by atoms with Gasteiger partial charge < -0.3 is 10.5 Å². The van der Waals surface area contributed by atoms with Crippen molar-refractivity contribution in [2.24, 2.45) is 5.73 Å². The van der Waals surface area contributed by atoms with E-state index in [9.17, 15) is 0 Å². The van der Waals surface area contributed by atoms with E-state index in [4.69, 9.17) is 10.5 Å². The van der Waals surface area contributed by atoms with Crippen LogP contribution in [0.1, 0.15) is 17.0 Å². The second kappa shape index (κ2) is 7.07. The number of methoxy groups -OCH3 is 1. The number of nitrogens with one attached hydrogen (secondary N) is 1. The Morgan fingerprint density at radius 3 is 2.30 bits per heavy atom. The first-order chi connectivity index (χ1) is 11.3. The zero-order valence-corrected chi connectivity index (χ0v) is 13.1. The molecule has 0 fully saturated rings. The molecule has 1 heterocycles. The lowest BCUT2D eigenvalue weighted by atomic mass is 10.1. The van der Waals surface area contributed by atoms with Crippen molar-refractivity contribution >= 4 is 0 Å². The van der Waals surface area contributed by atoms with E-state index in [1.54, 1.807) is 7.11 Å². The molecule has 1 aromatic heterocycles. The van der Waals surface area contributed by atoms with Crippen molar-refractivity contribution in [3.63, 3.8) is 0 Å². The number of rotatable bonds is 6. The average molecular weight is 308 g/mol. The molecule has 23 heavy (non-hydrogen) atoms. The van der Waals surface area contributed by atoms with Gasteiger partial charge in [0.15, 0.2) is 5.82 Å². The van der Waals surface area contributed by atoms with Gasteiger partial charge in [-0.15, -0.1) is 0 Å². The third kappa shape index (κ3) is 3.76. The molecule has 0 saturated heterocycles. The molecule has 0 spiro atoms. The molecule has 3 rings (SSSR count). The zero-order valence-electron chi connectivity index (χ0n) is 13.1. The van der Waals surface area contributed by atoms with Crippen LogP contribution in [-0.4, -0.2) is 22.3 Å². The van der Waals surface area contributed by atoms with E-state index >= 15 is 0 Å². The molecule has 0 unspecified atom stereocenters. The van der Waals surface area contributed by atoms with Crippen LogP contribution in [0.3, 0.4) is 0 Å². The van der Waals surface area contributed by atoms with Crippen LogP contribution in [0.15, 0.2) is 48.5 Å². The Morgan fingerprint density at radius 2 is 1.65 bits per heavy atom. The third-order valence-electron chi connectivity index (χ3n) is 3.79. The molecule has 0 aliphatic rings. The topological polar surface area (TPSA) is 76.8 Å². The monoisotopic (exact) mass is 308 g/mol. The van der Waals surface area contributed by atoms with Gasteiger partial charge in [-0.05, 0) is 29.7 Å². The highest BCUT2D eigenvalue weighted by atomic mass is 16.5. The lowest BCUT2D eigenvalue weighted by Crippen LogP contribution is -1.95. The van der Waals surface area contributed by atoms with Crippen LogP contribution in [-0.2, 0) is 19.4 Å². The van der Waals surface area contributed by atoms with Crippen molar-refractivity contribution in [1.82, 2.24) is 15.2 Å². The number of benzene rings is 2. The minimum absolute atomic E-state index is 0.543. The Bertz CT molecular complexity index is 747. The van der Waals surface area contributed by atoms with Gasteiger partial charge in [0.05, 0.1) is 7.11 Å². The van der Waals surface area contributed by atoms with Crippen molar-refractivity contribution in [1.29, 1.82) is 0 Å². The molecule has 118 valence electrons. The maximum atomic E-state index is 5.61. The first-order valence-corrected chi connectivity index (χ1v) is 7.62. The first-order valence-electron chi connectivity index (χ1n) is 7.62. The number of aromatic nitrogens is 3. The molecule has 5 heteroatoms. The molecule has 5 nitrogen and oxygen atoms in total. The fourth-order valence-corrected chi connectivity index (χ4v) is 2.38. The second-order valence-corrected chi connectivity index (χ2v) is 5.35. The number of aromatic amines is 1. The average Bonchev–Trinajstić information content (AvgIpc) is 3.09. The van der Waals surface area contributed by atoms with E-state index in [1.165, 1.54) is 5.56 Å². The molecule has 3 aromatic rings. The maximum absolute atomic E-state index is 5.61. The van der Waals surface area contributed by atoms with Crippen molar-refractivity contribution in [2.45, 2.75) is 19.4 Å². The van der Waals surface area contributed by atoms with E-state index in [1.807, 2.05) is 36.4 Å². The summed E-state index contributed by atoms with van der Waals surface area (Å²) in [6, 6.07) is 16.1. The number of nitrogens with zero attached hydrogens (tertiary/aromatic N) is 2. The smallest absolute Gasteiger partial charge is 0.181 e. The molecule has 0 amide bonds. The van der Waals surface area contributed by atoms with E-state index in [2.05, 4.69) is 27.3 Å². The van der Waals surface area contributed by atoms with E-state index in [0.717, 1.165) is 41.4 Å². The van der Waals surface area contributed by atoms with Crippen LogP contribution in [0.5, 0.6) is 5.75 Å². The van der Waals surface area contributed by atoms with Crippen LogP contribution in [0.2, 0.25) is 0 Å². The molecule has 0 aliphatic carbocycles. The molecular formula is C18H20N4O. The summed E-state index contributed by atoms with van der Waals surface area (Å²) in [5.41, 5.74) is 8.95. The number of aryl methyl sites for hydroxylation is 2. The lowest BCUT2D eigenvalue weighted by Gasteiger charge is -2.02. The molecule has 0 radical (unpaired) electrons. The first kappa shape index (κ1) is 15.2.